The fourth-order valence-electron chi connectivity index (χ4n) is 1.43. The zero-order valence-electron chi connectivity index (χ0n) is 7.81. The third-order valence-corrected chi connectivity index (χ3v) is 2.70. The molecule has 0 bridgehead atoms. The van der Waals surface area contributed by atoms with Crippen molar-refractivity contribution in [1.82, 2.24) is 9.38 Å². The smallest absolute Gasteiger partial charge is 0.137 e. The van der Waals surface area contributed by atoms with E-state index in [4.69, 9.17) is 0 Å². The van der Waals surface area contributed by atoms with Crippen molar-refractivity contribution in [1.29, 1.82) is 0 Å². The van der Waals surface area contributed by atoms with Crippen LogP contribution in [-0.2, 0) is 0 Å². The van der Waals surface area contributed by atoms with Gasteiger partial charge in [0.25, 0.3) is 0 Å². The number of rotatable bonds is 2. The normalized spacial score (nSPS) is 13.4. The lowest BCUT2D eigenvalue weighted by Crippen LogP contribution is -1.99. The van der Waals surface area contributed by atoms with E-state index >= 15 is 0 Å². The Kier molecular flexibility index (Phi) is 2.56. The monoisotopic (exact) mass is 254 g/mol. The topological polar surface area (TPSA) is 37.5 Å². The van der Waals surface area contributed by atoms with Gasteiger partial charge in [0.1, 0.15) is 5.65 Å². The van der Waals surface area contributed by atoms with Crippen LogP contribution in [0.15, 0.2) is 29.0 Å². The van der Waals surface area contributed by atoms with Crippen LogP contribution in [0.1, 0.15) is 25.1 Å². The first-order chi connectivity index (χ1) is 6.72. The van der Waals surface area contributed by atoms with Gasteiger partial charge in [-0.15, -0.1) is 0 Å². The molecule has 0 fully saturated rings. The van der Waals surface area contributed by atoms with Crippen molar-refractivity contribution >= 4 is 21.6 Å². The number of aromatic nitrogens is 2. The molecule has 0 saturated carbocycles. The van der Waals surface area contributed by atoms with Crippen LogP contribution in [-0.4, -0.2) is 14.5 Å². The Morgan fingerprint density at radius 1 is 1.57 bits per heavy atom. The molecule has 14 heavy (non-hydrogen) atoms. The molecule has 3 nitrogen and oxygen atoms in total. The second-order valence-corrected chi connectivity index (χ2v) is 4.10. The summed E-state index contributed by atoms with van der Waals surface area (Å²) >= 11 is 3.39. The molecule has 2 aromatic rings. The van der Waals surface area contributed by atoms with Gasteiger partial charge >= 0.3 is 0 Å². The quantitative estimate of drug-likeness (QED) is 0.895. The van der Waals surface area contributed by atoms with Crippen molar-refractivity contribution in [2.24, 2.45) is 0 Å². The number of aliphatic hydroxyl groups is 1. The molecule has 0 aliphatic rings. The number of hydrogen-bond donors (Lipinski definition) is 1. The maximum atomic E-state index is 9.73. The summed E-state index contributed by atoms with van der Waals surface area (Å²) < 4.78 is 2.88. The molecule has 0 unspecified atom stereocenters. The second kappa shape index (κ2) is 3.71. The van der Waals surface area contributed by atoms with Crippen LogP contribution in [0, 0.1) is 0 Å². The van der Waals surface area contributed by atoms with Gasteiger partial charge in [0.15, 0.2) is 0 Å². The minimum Gasteiger partial charge on any atom is -0.387 e. The molecule has 0 radical (unpaired) electrons. The van der Waals surface area contributed by atoms with Crippen molar-refractivity contribution < 1.29 is 5.11 Å². The summed E-state index contributed by atoms with van der Waals surface area (Å²) in [5.74, 6) is 0. The number of pyridine rings is 1. The summed E-state index contributed by atoms with van der Waals surface area (Å²) in [5.41, 5.74) is 1.69. The molecule has 1 N–H and O–H groups in total. The number of nitrogens with zero attached hydrogens (tertiary/aromatic N) is 2. The molecule has 2 aromatic heterocycles. The van der Waals surface area contributed by atoms with Gasteiger partial charge < -0.3 is 9.51 Å². The highest BCUT2D eigenvalue weighted by Gasteiger charge is 2.10. The Morgan fingerprint density at radius 3 is 3.07 bits per heavy atom. The Labute approximate surface area is 90.5 Å². The van der Waals surface area contributed by atoms with Crippen LogP contribution >= 0.6 is 15.9 Å². The maximum Gasteiger partial charge on any atom is 0.137 e. The molecule has 4 heteroatoms. The predicted molar refractivity (Wildman–Crippen MR) is 58.1 cm³/mol. The molecule has 2 heterocycles. The highest BCUT2D eigenvalue weighted by molar-refractivity contribution is 9.10. The Balaban J connectivity index is 2.61. The molecule has 0 amide bonds. The first-order valence-electron chi connectivity index (χ1n) is 4.53. The average molecular weight is 255 g/mol. The lowest BCUT2D eigenvalue weighted by molar-refractivity contribution is 0.168. The average Bonchev–Trinajstić information content (AvgIpc) is 2.59. The van der Waals surface area contributed by atoms with Gasteiger partial charge in [-0.05, 0) is 34.5 Å². The van der Waals surface area contributed by atoms with Crippen LogP contribution in [0.4, 0.5) is 0 Å². The third-order valence-electron chi connectivity index (χ3n) is 2.23. The van der Waals surface area contributed by atoms with Crippen LogP contribution in [0.25, 0.3) is 5.65 Å². The molecule has 74 valence electrons. The van der Waals surface area contributed by atoms with Crippen LogP contribution in [0.5, 0.6) is 0 Å². The lowest BCUT2D eigenvalue weighted by atomic mass is 10.2. The summed E-state index contributed by atoms with van der Waals surface area (Å²) in [4.78, 5) is 4.21. The Bertz CT molecular complexity index is 452. The molecule has 0 aromatic carbocycles. The summed E-state index contributed by atoms with van der Waals surface area (Å²) in [6.45, 7) is 1.95. The first-order valence-corrected chi connectivity index (χ1v) is 5.32. The fraction of sp³-hybridized carbons (Fsp3) is 0.300. The molecule has 0 spiro atoms. The van der Waals surface area contributed by atoms with Gasteiger partial charge in [-0.1, -0.05) is 6.92 Å². The van der Waals surface area contributed by atoms with E-state index in [0.717, 1.165) is 15.8 Å². The van der Waals surface area contributed by atoms with Crippen LogP contribution in [0.3, 0.4) is 0 Å². The van der Waals surface area contributed by atoms with Gasteiger partial charge in [0.2, 0.25) is 0 Å². The van der Waals surface area contributed by atoms with Gasteiger partial charge in [-0.2, -0.15) is 0 Å². The summed E-state index contributed by atoms with van der Waals surface area (Å²) in [6.07, 6.45) is 3.88. The van der Waals surface area contributed by atoms with Crippen LogP contribution in [0.2, 0.25) is 0 Å². The SMILES string of the molecule is CC[C@H](O)c1cnc2ccc(Br)cn12. The first kappa shape index (κ1) is 9.68. The zero-order chi connectivity index (χ0) is 10.1. The maximum absolute atomic E-state index is 9.73. The number of hydrogen-bond acceptors (Lipinski definition) is 2. The standard InChI is InChI=1S/C10H11BrN2O/c1-2-9(14)8-5-12-10-4-3-7(11)6-13(8)10/h3-6,9,14H,2H2,1H3/t9-/m0/s1. The van der Waals surface area contributed by atoms with Crippen molar-refractivity contribution in [3.05, 3.63) is 34.7 Å². The Hall–Kier alpha value is -0.870. The van der Waals surface area contributed by atoms with Crippen molar-refractivity contribution in [3.8, 4) is 0 Å². The summed E-state index contributed by atoms with van der Waals surface area (Å²) in [5, 5.41) is 9.73. The van der Waals surface area contributed by atoms with Crippen molar-refractivity contribution in [3.63, 3.8) is 0 Å². The number of aliphatic hydroxyl groups excluding tert-OH is 1. The van der Waals surface area contributed by atoms with Crippen molar-refractivity contribution in [2.45, 2.75) is 19.4 Å². The van der Waals surface area contributed by atoms with E-state index in [-0.39, 0.29) is 0 Å². The number of halogens is 1. The molecular weight excluding hydrogens is 244 g/mol. The minimum absolute atomic E-state index is 0.445. The molecule has 2 rings (SSSR count). The molecule has 0 aliphatic heterocycles. The highest BCUT2D eigenvalue weighted by Crippen LogP contribution is 2.20. The summed E-state index contributed by atoms with van der Waals surface area (Å²) in [7, 11) is 0. The van der Waals surface area contributed by atoms with E-state index in [0.29, 0.717) is 6.42 Å². The van der Waals surface area contributed by atoms with Crippen molar-refractivity contribution in [2.75, 3.05) is 0 Å². The number of imidazole rings is 1. The van der Waals surface area contributed by atoms with E-state index < -0.39 is 6.10 Å². The minimum atomic E-state index is -0.445. The van der Waals surface area contributed by atoms with Gasteiger partial charge in [-0.3, -0.25) is 0 Å². The third kappa shape index (κ3) is 1.55. The molecule has 0 aliphatic carbocycles. The van der Waals surface area contributed by atoms with Gasteiger partial charge in [-0.25, -0.2) is 4.98 Å². The number of fused-ring (bicyclic) bond motifs is 1. The van der Waals surface area contributed by atoms with E-state index in [9.17, 15) is 5.11 Å². The predicted octanol–water partition coefficient (Wildman–Crippen LogP) is 2.54. The van der Waals surface area contributed by atoms with Gasteiger partial charge in [0, 0.05) is 10.7 Å². The fourth-order valence-corrected chi connectivity index (χ4v) is 1.77. The van der Waals surface area contributed by atoms with E-state index in [1.807, 2.05) is 29.7 Å². The zero-order valence-corrected chi connectivity index (χ0v) is 9.40. The highest BCUT2D eigenvalue weighted by atomic mass is 79.9. The van der Waals surface area contributed by atoms with Crippen LogP contribution < -0.4 is 0 Å². The molecule has 0 saturated heterocycles. The Morgan fingerprint density at radius 2 is 2.36 bits per heavy atom. The molecule has 1 atom stereocenters. The second-order valence-electron chi connectivity index (χ2n) is 3.18. The largest absolute Gasteiger partial charge is 0.387 e. The van der Waals surface area contributed by atoms with E-state index in [1.54, 1.807) is 6.20 Å². The summed E-state index contributed by atoms with van der Waals surface area (Å²) in [6, 6.07) is 3.85. The molecular formula is C10H11BrN2O. The lowest BCUT2D eigenvalue weighted by Gasteiger charge is -2.07. The van der Waals surface area contributed by atoms with Gasteiger partial charge in [0.05, 0.1) is 18.0 Å². The van der Waals surface area contributed by atoms with E-state index in [1.165, 1.54) is 0 Å². The van der Waals surface area contributed by atoms with E-state index in [2.05, 4.69) is 20.9 Å².